The van der Waals surface area contributed by atoms with Crippen LogP contribution < -0.4 is 5.11 Å². The van der Waals surface area contributed by atoms with E-state index in [1.807, 2.05) is 0 Å². The van der Waals surface area contributed by atoms with E-state index in [-0.39, 0.29) is 62.3 Å². The first-order chi connectivity index (χ1) is 5.52. The molecule has 0 aliphatic rings. The van der Waals surface area contributed by atoms with Crippen molar-refractivity contribution in [2.75, 3.05) is 0 Å². The number of aromatic hydroxyl groups is 3. The van der Waals surface area contributed by atoms with Crippen LogP contribution in [0.5, 0.6) is 17.2 Å². The maximum atomic E-state index is 10.2. The quantitative estimate of drug-likeness (QED) is 0.396. The maximum Gasteiger partial charge on any atom is 1.00 e. The first-order valence-corrected chi connectivity index (χ1v) is 2.98. The van der Waals surface area contributed by atoms with Crippen LogP contribution in [0.25, 0.3) is 0 Å². The minimum Gasteiger partial charge on any atom is -0.545 e. The molecule has 0 amide bonds. The van der Waals surface area contributed by atoms with Crippen LogP contribution in [-0.2, 0) is 22.4 Å². The largest absolute Gasteiger partial charge is 1.00 e. The molecule has 0 radical (unpaired) electrons. The molecule has 0 aliphatic carbocycles. The molecule has 0 unspecified atom stereocenters. The van der Waals surface area contributed by atoms with Gasteiger partial charge in [-0.3, -0.25) is 0 Å². The van der Waals surface area contributed by atoms with E-state index in [1.54, 1.807) is 0 Å². The second kappa shape index (κ2) is 6.60. The van der Waals surface area contributed by atoms with Crippen LogP contribution in [-0.4, -0.2) is 21.3 Å². The van der Waals surface area contributed by atoms with Crippen LogP contribution in [0.15, 0.2) is 12.1 Å². The molecular weight excluding hydrogens is 429 g/mol. The molecule has 7 heteroatoms. The van der Waals surface area contributed by atoms with E-state index in [0.717, 1.165) is 12.1 Å². The Morgan fingerprint density at radius 1 is 1.14 bits per heavy atom. The Kier molecular flexibility index (Phi) is 7.82. The van der Waals surface area contributed by atoms with Gasteiger partial charge in [0.05, 0.1) is 5.97 Å². The normalized spacial score (nSPS) is 8.29. The number of carbonyl (C=O) groups excluding carboxylic acids is 1. The molecule has 0 bridgehead atoms. The summed E-state index contributed by atoms with van der Waals surface area (Å²) < 4.78 is 0. The number of hydrogen-bond donors (Lipinski definition) is 3. The summed E-state index contributed by atoms with van der Waals surface area (Å²) in [6.45, 7) is 0. The van der Waals surface area contributed by atoms with Gasteiger partial charge in [0.2, 0.25) is 0 Å². The molecule has 1 aromatic rings. The van der Waals surface area contributed by atoms with Crippen molar-refractivity contribution in [1.29, 1.82) is 0 Å². The fourth-order valence-corrected chi connectivity index (χ4v) is 0.722. The van der Waals surface area contributed by atoms with Crippen LogP contribution in [0.4, 0.5) is 0 Å². The van der Waals surface area contributed by atoms with Gasteiger partial charge < -0.3 is 25.2 Å². The summed E-state index contributed by atoms with van der Waals surface area (Å²) in [4.78, 5) is 10.2. The standard InChI is InChI=1S/C7H6O5.Ag.Gd/c8-4-1-3(7(11)12)2-5(9)6(4)10;;/h1-2,8-10H,(H,11,12);;/q;+1;/p-1. The third kappa shape index (κ3) is 3.72. The van der Waals surface area contributed by atoms with Crippen molar-refractivity contribution in [3.8, 4) is 17.2 Å². The van der Waals surface area contributed by atoms with Crippen molar-refractivity contribution < 1.29 is 87.5 Å². The average molecular weight is 434 g/mol. The number of benzene rings is 1. The summed E-state index contributed by atoms with van der Waals surface area (Å²) in [5, 5.41) is 36.7. The number of carboxylic acid groups (broad SMARTS) is 1. The SMILES string of the molecule is O=C([O-])c1cc(O)c(O)c(O)c1.[Ag+].[Gd]. The fraction of sp³-hybridized carbons (Fsp3) is 0. The van der Waals surface area contributed by atoms with Crippen molar-refractivity contribution in [3.05, 3.63) is 17.7 Å². The van der Waals surface area contributed by atoms with E-state index >= 15 is 0 Å². The number of hydrogen-bond acceptors (Lipinski definition) is 5. The third-order valence-corrected chi connectivity index (χ3v) is 1.31. The van der Waals surface area contributed by atoms with E-state index in [1.165, 1.54) is 0 Å². The van der Waals surface area contributed by atoms with Gasteiger partial charge in [-0.25, -0.2) is 0 Å². The summed E-state index contributed by atoms with van der Waals surface area (Å²) in [6, 6.07) is 1.56. The van der Waals surface area contributed by atoms with Gasteiger partial charge in [-0.15, -0.1) is 0 Å². The number of carboxylic acids is 1. The van der Waals surface area contributed by atoms with Gasteiger partial charge in [0, 0.05) is 45.5 Å². The number of phenols is 3. The van der Waals surface area contributed by atoms with E-state index in [9.17, 15) is 9.90 Å². The number of rotatable bonds is 1. The van der Waals surface area contributed by atoms with Gasteiger partial charge in [-0.2, -0.15) is 0 Å². The molecule has 82 valence electrons. The molecule has 5 nitrogen and oxygen atoms in total. The monoisotopic (exact) mass is 434 g/mol. The molecule has 0 saturated heterocycles. The molecule has 0 heterocycles. The minimum atomic E-state index is -1.54. The van der Waals surface area contributed by atoms with Crippen molar-refractivity contribution in [2.45, 2.75) is 0 Å². The number of carbonyl (C=O) groups is 1. The van der Waals surface area contributed by atoms with E-state index in [0.29, 0.717) is 0 Å². The zero-order valence-corrected chi connectivity index (χ0v) is 10.2. The predicted molar refractivity (Wildman–Crippen MR) is 35.8 cm³/mol. The van der Waals surface area contributed by atoms with Gasteiger partial charge in [0.25, 0.3) is 0 Å². The van der Waals surface area contributed by atoms with Crippen LogP contribution in [0.1, 0.15) is 10.4 Å². The smallest absolute Gasteiger partial charge is 0.545 e. The maximum absolute atomic E-state index is 10.2. The molecule has 0 fully saturated rings. The molecule has 0 aromatic heterocycles. The summed E-state index contributed by atoms with van der Waals surface area (Å²) in [7, 11) is 0. The summed E-state index contributed by atoms with van der Waals surface area (Å²) in [6.07, 6.45) is 0. The predicted octanol–water partition coefficient (Wildman–Crippen LogP) is -0.836. The van der Waals surface area contributed by atoms with Crippen molar-refractivity contribution >= 4 is 5.97 Å². The van der Waals surface area contributed by atoms with Crippen molar-refractivity contribution in [3.63, 3.8) is 0 Å². The number of aromatic carboxylic acids is 1. The minimum absolute atomic E-state index is 0. The van der Waals surface area contributed by atoms with E-state index < -0.39 is 28.8 Å². The molecule has 1 rings (SSSR count). The van der Waals surface area contributed by atoms with Crippen LogP contribution in [0.2, 0.25) is 0 Å². The number of phenolic OH excluding ortho intramolecular Hbond substituents is 3. The third-order valence-electron chi connectivity index (χ3n) is 1.31. The Morgan fingerprint density at radius 2 is 1.50 bits per heavy atom. The molecule has 3 N–H and O–H groups in total. The van der Waals surface area contributed by atoms with E-state index in [2.05, 4.69) is 0 Å². The fourth-order valence-electron chi connectivity index (χ4n) is 0.722. The van der Waals surface area contributed by atoms with Gasteiger partial charge >= 0.3 is 22.4 Å². The average Bonchev–Trinajstić information content (AvgIpc) is 1.99. The Balaban J connectivity index is 0. The zero-order valence-electron chi connectivity index (χ0n) is 6.47. The molecule has 0 saturated carbocycles. The van der Waals surface area contributed by atoms with Crippen molar-refractivity contribution in [1.82, 2.24) is 0 Å². The molecule has 14 heavy (non-hydrogen) atoms. The molecule has 0 atom stereocenters. The zero-order chi connectivity index (χ0) is 9.30. The molecule has 0 aliphatic heterocycles. The van der Waals surface area contributed by atoms with Crippen molar-refractivity contribution in [2.24, 2.45) is 0 Å². The molecule has 0 spiro atoms. The first kappa shape index (κ1) is 16.6. The van der Waals surface area contributed by atoms with Crippen LogP contribution in [0.3, 0.4) is 0 Å². The van der Waals surface area contributed by atoms with Gasteiger partial charge in [0.15, 0.2) is 17.2 Å². The Bertz CT molecular complexity index is 318. The van der Waals surface area contributed by atoms with E-state index in [4.69, 9.17) is 15.3 Å². The second-order valence-electron chi connectivity index (χ2n) is 2.15. The van der Waals surface area contributed by atoms with Crippen LogP contribution in [0, 0.1) is 39.9 Å². The topological polar surface area (TPSA) is 101 Å². The summed E-state index contributed by atoms with van der Waals surface area (Å²) in [5.74, 6) is -3.69. The van der Waals surface area contributed by atoms with Crippen LogP contribution >= 0.6 is 0 Å². The molecule has 1 aromatic carbocycles. The van der Waals surface area contributed by atoms with Gasteiger partial charge in [-0.1, -0.05) is 0 Å². The second-order valence-corrected chi connectivity index (χ2v) is 2.15. The van der Waals surface area contributed by atoms with Gasteiger partial charge in [0.1, 0.15) is 0 Å². The Labute approximate surface area is 127 Å². The summed E-state index contributed by atoms with van der Waals surface area (Å²) >= 11 is 0. The Morgan fingerprint density at radius 3 is 1.79 bits per heavy atom. The summed E-state index contributed by atoms with van der Waals surface area (Å²) in [5.41, 5.74) is -0.400. The molecular formula is C7H5AgGdO5. The Hall–Kier alpha value is 0.155. The van der Waals surface area contributed by atoms with Gasteiger partial charge in [-0.05, 0) is 12.1 Å². The first-order valence-electron chi connectivity index (χ1n) is 2.98.